The van der Waals surface area contributed by atoms with Gasteiger partial charge < -0.3 is 11.5 Å². The summed E-state index contributed by atoms with van der Waals surface area (Å²) < 4.78 is 0. The predicted molar refractivity (Wildman–Crippen MR) is 43.1 cm³/mol. The number of hydrogen-bond donors (Lipinski definition) is 2. The monoisotopic (exact) mass is 136 g/mol. The summed E-state index contributed by atoms with van der Waals surface area (Å²) in [6.45, 7) is 0. The van der Waals surface area contributed by atoms with Crippen LogP contribution in [0.3, 0.4) is 0 Å². The molecule has 0 aromatic rings. The molecule has 0 saturated heterocycles. The standard InChI is InChI=1S/C8H12N2/c9-8(10)7-5-3-1-2-4-6-7/h1,3-6,8H,2,9-10H2. The van der Waals surface area contributed by atoms with Crippen LogP contribution in [0.5, 0.6) is 0 Å². The van der Waals surface area contributed by atoms with Crippen molar-refractivity contribution in [3.63, 3.8) is 0 Å². The van der Waals surface area contributed by atoms with Crippen molar-refractivity contribution in [3.05, 3.63) is 36.0 Å². The molecule has 1 aliphatic rings. The summed E-state index contributed by atoms with van der Waals surface area (Å²) in [6, 6.07) is 0. The Morgan fingerprint density at radius 2 is 2.10 bits per heavy atom. The fraction of sp³-hybridized carbons (Fsp3) is 0.250. The van der Waals surface area contributed by atoms with Gasteiger partial charge in [-0.25, -0.2) is 0 Å². The second kappa shape index (κ2) is 3.34. The van der Waals surface area contributed by atoms with Crippen molar-refractivity contribution in [3.8, 4) is 0 Å². The molecule has 0 unspecified atom stereocenters. The van der Waals surface area contributed by atoms with E-state index in [0.29, 0.717) is 0 Å². The van der Waals surface area contributed by atoms with Gasteiger partial charge in [-0.15, -0.1) is 0 Å². The maximum Gasteiger partial charge on any atom is 0.0784 e. The van der Waals surface area contributed by atoms with Gasteiger partial charge in [0.05, 0.1) is 6.17 Å². The summed E-state index contributed by atoms with van der Waals surface area (Å²) in [4.78, 5) is 0. The second-order valence-corrected chi connectivity index (χ2v) is 2.26. The first-order valence-electron chi connectivity index (χ1n) is 3.35. The third kappa shape index (κ3) is 1.83. The van der Waals surface area contributed by atoms with Gasteiger partial charge in [0.25, 0.3) is 0 Å². The Bertz CT molecular complexity index is 187. The van der Waals surface area contributed by atoms with Gasteiger partial charge in [-0.1, -0.05) is 30.4 Å². The lowest BCUT2D eigenvalue weighted by Crippen LogP contribution is -2.31. The van der Waals surface area contributed by atoms with Gasteiger partial charge >= 0.3 is 0 Å². The summed E-state index contributed by atoms with van der Waals surface area (Å²) in [7, 11) is 0. The van der Waals surface area contributed by atoms with Gasteiger partial charge in [0.1, 0.15) is 0 Å². The lowest BCUT2D eigenvalue weighted by molar-refractivity contribution is 0.839. The average molecular weight is 136 g/mol. The molecule has 0 saturated carbocycles. The third-order valence-corrected chi connectivity index (χ3v) is 1.39. The zero-order valence-electron chi connectivity index (χ0n) is 5.83. The van der Waals surface area contributed by atoms with E-state index in [1.54, 1.807) is 0 Å². The molecule has 54 valence electrons. The molecule has 0 fully saturated rings. The van der Waals surface area contributed by atoms with Crippen LogP contribution >= 0.6 is 0 Å². The molecule has 1 aliphatic carbocycles. The first-order valence-corrected chi connectivity index (χ1v) is 3.35. The zero-order chi connectivity index (χ0) is 7.40. The topological polar surface area (TPSA) is 52.0 Å². The minimum atomic E-state index is -0.348. The second-order valence-electron chi connectivity index (χ2n) is 2.26. The number of rotatable bonds is 1. The summed E-state index contributed by atoms with van der Waals surface area (Å²) in [5.41, 5.74) is 11.9. The third-order valence-electron chi connectivity index (χ3n) is 1.39. The fourth-order valence-corrected chi connectivity index (χ4v) is 0.818. The van der Waals surface area contributed by atoms with E-state index >= 15 is 0 Å². The minimum Gasteiger partial charge on any atom is -0.312 e. The predicted octanol–water partition coefficient (Wildman–Crippen LogP) is 0.672. The van der Waals surface area contributed by atoms with Gasteiger partial charge in [-0.3, -0.25) is 0 Å². The van der Waals surface area contributed by atoms with Crippen molar-refractivity contribution in [2.45, 2.75) is 12.6 Å². The normalized spacial score (nSPS) is 17.3. The van der Waals surface area contributed by atoms with Gasteiger partial charge in [0, 0.05) is 0 Å². The van der Waals surface area contributed by atoms with Gasteiger partial charge in [0.2, 0.25) is 0 Å². The van der Waals surface area contributed by atoms with E-state index in [-0.39, 0.29) is 6.17 Å². The average Bonchev–Trinajstić information content (AvgIpc) is 2.12. The minimum absolute atomic E-state index is 0.348. The maximum atomic E-state index is 5.46. The van der Waals surface area contributed by atoms with Crippen molar-refractivity contribution < 1.29 is 0 Å². The molecule has 0 bridgehead atoms. The van der Waals surface area contributed by atoms with E-state index in [2.05, 4.69) is 6.08 Å². The van der Waals surface area contributed by atoms with Crippen molar-refractivity contribution in [1.29, 1.82) is 0 Å². The van der Waals surface area contributed by atoms with Crippen LogP contribution in [0.1, 0.15) is 6.42 Å². The van der Waals surface area contributed by atoms with E-state index in [9.17, 15) is 0 Å². The van der Waals surface area contributed by atoms with Gasteiger partial charge in [-0.2, -0.15) is 0 Å². The Hall–Kier alpha value is -0.860. The van der Waals surface area contributed by atoms with Crippen molar-refractivity contribution in [2.75, 3.05) is 0 Å². The Morgan fingerprint density at radius 3 is 2.80 bits per heavy atom. The van der Waals surface area contributed by atoms with Crippen molar-refractivity contribution >= 4 is 0 Å². The Morgan fingerprint density at radius 1 is 1.30 bits per heavy atom. The van der Waals surface area contributed by atoms with E-state index in [0.717, 1.165) is 12.0 Å². The van der Waals surface area contributed by atoms with E-state index in [1.165, 1.54) is 0 Å². The largest absolute Gasteiger partial charge is 0.312 e. The molecule has 2 nitrogen and oxygen atoms in total. The van der Waals surface area contributed by atoms with Crippen LogP contribution in [-0.4, -0.2) is 6.17 Å². The van der Waals surface area contributed by atoms with Gasteiger partial charge in [0.15, 0.2) is 0 Å². The molecule has 10 heavy (non-hydrogen) atoms. The van der Waals surface area contributed by atoms with E-state index in [1.807, 2.05) is 24.3 Å². The molecule has 4 N–H and O–H groups in total. The van der Waals surface area contributed by atoms with Crippen LogP contribution in [0.4, 0.5) is 0 Å². The van der Waals surface area contributed by atoms with Crippen LogP contribution in [0, 0.1) is 0 Å². The van der Waals surface area contributed by atoms with Crippen LogP contribution in [0.25, 0.3) is 0 Å². The quantitative estimate of drug-likeness (QED) is 0.520. The molecule has 0 aromatic carbocycles. The summed E-state index contributed by atoms with van der Waals surface area (Å²) >= 11 is 0. The van der Waals surface area contributed by atoms with Crippen molar-refractivity contribution in [1.82, 2.24) is 0 Å². The first-order chi connectivity index (χ1) is 4.80. The van der Waals surface area contributed by atoms with Gasteiger partial charge in [-0.05, 0) is 12.0 Å². The Balaban J connectivity index is 2.73. The highest BCUT2D eigenvalue weighted by Gasteiger charge is 1.97. The molecule has 0 radical (unpaired) electrons. The fourth-order valence-electron chi connectivity index (χ4n) is 0.818. The van der Waals surface area contributed by atoms with Crippen LogP contribution < -0.4 is 11.5 Å². The molecule has 0 aromatic heterocycles. The highest BCUT2D eigenvalue weighted by molar-refractivity contribution is 5.30. The first kappa shape index (κ1) is 7.25. The molecule has 0 heterocycles. The molecular weight excluding hydrogens is 124 g/mol. The SMILES string of the molecule is NC(N)C1=CC=CCC=C1. The molecule has 0 atom stereocenters. The number of nitrogens with two attached hydrogens (primary N) is 2. The van der Waals surface area contributed by atoms with Crippen LogP contribution in [-0.2, 0) is 0 Å². The summed E-state index contributed by atoms with van der Waals surface area (Å²) in [5, 5.41) is 0. The lowest BCUT2D eigenvalue weighted by atomic mass is 10.2. The number of hydrogen-bond acceptors (Lipinski definition) is 2. The zero-order valence-corrected chi connectivity index (χ0v) is 5.83. The van der Waals surface area contributed by atoms with E-state index < -0.39 is 0 Å². The highest BCUT2D eigenvalue weighted by Crippen LogP contribution is 2.04. The maximum absolute atomic E-state index is 5.46. The summed E-state index contributed by atoms with van der Waals surface area (Å²) in [6.07, 6.45) is 10.6. The van der Waals surface area contributed by atoms with Crippen molar-refractivity contribution in [2.24, 2.45) is 11.5 Å². The Labute approximate surface area is 60.9 Å². The summed E-state index contributed by atoms with van der Waals surface area (Å²) in [5.74, 6) is 0. The highest BCUT2D eigenvalue weighted by atomic mass is 14.8. The smallest absolute Gasteiger partial charge is 0.0784 e. The molecule has 2 heteroatoms. The molecule has 0 aliphatic heterocycles. The van der Waals surface area contributed by atoms with E-state index in [4.69, 9.17) is 11.5 Å². The molecule has 0 amide bonds. The number of allylic oxidation sites excluding steroid dienone is 4. The molecular formula is C8H12N2. The Kier molecular flexibility index (Phi) is 2.42. The van der Waals surface area contributed by atoms with Crippen LogP contribution in [0.2, 0.25) is 0 Å². The molecule has 1 rings (SSSR count). The lowest BCUT2D eigenvalue weighted by Gasteiger charge is -2.03. The molecule has 0 spiro atoms. The van der Waals surface area contributed by atoms with Crippen LogP contribution in [0.15, 0.2) is 36.0 Å².